The average Bonchev–Trinajstić information content (AvgIpc) is 3.10. The highest BCUT2D eigenvalue weighted by molar-refractivity contribution is 5.28. The summed E-state index contributed by atoms with van der Waals surface area (Å²) in [4.78, 5) is 1.58. The van der Waals surface area contributed by atoms with E-state index in [9.17, 15) is 0 Å². The molecule has 0 aliphatic heterocycles. The number of aryl methyl sites for hydroxylation is 1. The summed E-state index contributed by atoms with van der Waals surface area (Å²) in [5.74, 6) is 1.59. The molecule has 0 radical (unpaired) electrons. The third-order valence-corrected chi connectivity index (χ3v) is 5.24. The standard InChI is InChI=1S/C25H32N2O/c1-20(2)16-26(17-22-10-7-13-25(15-22)28-4)19-24-12-8-14-27(24)18-23-11-6-5-9-21(23)3/h5-15,20H,16-19H2,1-4H3/p+1. The van der Waals surface area contributed by atoms with Crippen molar-refractivity contribution in [3.8, 4) is 5.75 Å². The van der Waals surface area contributed by atoms with Crippen LogP contribution in [0, 0.1) is 12.8 Å². The van der Waals surface area contributed by atoms with Gasteiger partial charge in [-0.2, -0.15) is 0 Å². The first-order chi connectivity index (χ1) is 13.5. The monoisotopic (exact) mass is 377 g/mol. The van der Waals surface area contributed by atoms with Crippen molar-refractivity contribution in [2.24, 2.45) is 5.92 Å². The molecule has 0 saturated heterocycles. The minimum Gasteiger partial charge on any atom is -0.497 e. The van der Waals surface area contributed by atoms with E-state index in [0.29, 0.717) is 5.92 Å². The molecule has 0 fully saturated rings. The zero-order valence-corrected chi connectivity index (χ0v) is 17.6. The molecule has 0 aliphatic carbocycles. The van der Waals surface area contributed by atoms with Crippen LogP contribution in [0.3, 0.4) is 0 Å². The van der Waals surface area contributed by atoms with Crippen molar-refractivity contribution < 1.29 is 9.64 Å². The Bertz CT molecular complexity index is 882. The Hall–Kier alpha value is -2.52. The summed E-state index contributed by atoms with van der Waals surface area (Å²) in [7, 11) is 1.73. The largest absolute Gasteiger partial charge is 0.497 e. The second-order valence-electron chi connectivity index (χ2n) is 8.11. The lowest BCUT2D eigenvalue weighted by molar-refractivity contribution is -0.930. The van der Waals surface area contributed by atoms with Crippen molar-refractivity contribution in [1.29, 1.82) is 0 Å². The van der Waals surface area contributed by atoms with Gasteiger partial charge in [-0.15, -0.1) is 0 Å². The second kappa shape index (κ2) is 9.61. The third-order valence-electron chi connectivity index (χ3n) is 5.24. The fraction of sp³-hybridized carbons (Fsp3) is 0.360. The number of rotatable bonds is 9. The zero-order valence-electron chi connectivity index (χ0n) is 17.6. The summed E-state index contributed by atoms with van der Waals surface area (Å²) in [6.45, 7) is 10.9. The Morgan fingerprint density at radius 2 is 1.79 bits per heavy atom. The van der Waals surface area contributed by atoms with Crippen LogP contribution in [-0.2, 0) is 19.6 Å². The van der Waals surface area contributed by atoms with Crippen molar-refractivity contribution in [3.05, 3.63) is 89.2 Å². The fourth-order valence-electron chi connectivity index (χ4n) is 3.85. The van der Waals surface area contributed by atoms with E-state index >= 15 is 0 Å². The summed E-state index contributed by atoms with van der Waals surface area (Å²) in [5.41, 5.74) is 5.46. The number of nitrogens with zero attached hydrogens (tertiary/aromatic N) is 1. The van der Waals surface area contributed by atoms with Gasteiger partial charge < -0.3 is 14.2 Å². The Kier molecular flexibility index (Phi) is 6.94. The highest BCUT2D eigenvalue weighted by Gasteiger charge is 2.16. The summed E-state index contributed by atoms with van der Waals surface area (Å²) in [5, 5.41) is 0. The predicted molar refractivity (Wildman–Crippen MR) is 116 cm³/mol. The van der Waals surface area contributed by atoms with Gasteiger partial charge in [0, 0.05) is 24.2 Å². The van der Waals surface area contributed by atoms with E-state index < -0.39 is 0 Å². The lowest BCUT2D eigenvalue weighted by Gasteiger charge is -2.23. The molecule has 3 rings (SSSR count). The van der Waals surface area contributed by atoms with E-state index in [4.69, 9.17) is 4.74 Å². The van der Waals surface area contributed by atoms with Gasteiger partial charge >= 0.3 is 0 Å². The van der Waals surface area contributed by atoms with Crippen LogP contribution in [0.5, 0.6) is 5.75 Å². The number of hydrogen-bond donors (Lipinski definition) is 1. The lowest BCUT2D eigenvalue weighted by Crippen LogP contribution is -3.10. The summed E-state index contributed by atoms with van der Waals surface area (Å²) in [6, 6.07) is 21.6. The van der Waals surface area contributed by atoms with E-state index in [1.165, 1.54) is 22.4 Å². The predicted octanol–water partition coefficient (Wildman–Crippen LogP) is 4.09. The maximum Gasteiger partial charge on any atom is 0.119 e. The molecule has 1 atom stereocenters. The molecule has 0 aliphatic rings. The number of hydrogen-bond acceptors (Lipinski definition) is 1. The van der Waals surface area contributed by atoms with Crippen molar-refractivity contribution in [1.82, 2.24) is 4.57 Å². The Labute approximate surface area is 169 Å². The molecule has 1 aromatic heterocycles. The van der Waals surface area contributed by atoms with Crippen molar-refractivity contribution >= 4 is 0 Å². The molecule has 1 N–H and O–H groups in total. The van der Waals surface area contributed by atoms with Crippen molar-refractivity contribution in [3.63, 3.8) is 0 Å². The molecule has 3 heteroatoms. The molecule has 1 heterocycles. The molecule has 0 amide bonds. The summed E-state index contributed by atoms with van der Waals surface area (Å²) in [6.07, 6.45) is 2.21. The topological polar surface area (TPSA) is 18.6 Å². The molecular formula is C25H33N2O+. The smallest absolute Gasteiger partial charge is 0.119 e. The van der Waals surface area contributed by atoms with Crippen LogP contribution >= 0.6 is 0 Å². The Morgan fingerprint density at radius 1 is 0.964 bits per heavy atom. The van der Waals surface area contributed by atoms with Crippen LogP contribution in [0.2, 0.25) is 0 Å². The number of nitrogens with one attached hydrogen (secondary N) is 1. The Morgan fingerprint density at radius 3 is 2.54 bits per heavy atom. The maximum absolute atomic E-state index is 5.41. The summed E-state index contributed by atoms with van der Waals surface area (Å²) < 4.78 is 7.80. The third kappa shape index (κ3) is 5.49. The SMILES string of the molecule is COc1cccc(C[NH+](Cc2cccn2Cc2ccccc2C)CC(C)C)c1. The van der Waals surface area contributed by atoms with E-state index in [2.05, 4.69) is 86.1 Å². The molecule has 0 spiro atoms. The van der Waals surface area contributed by atoms with E-state index in [0.717, 1.165) is 31.9 Å². The first-order valence-corrected chi connectivity index (χ1v) is 10.2. The Balaban J connectivity index is 1.76. The molecule has 28 heavy (non-hydrogen) atoms. The second-order valence-corrected chi connectivity index (χ2v) is 8.11. The number of ether oxygens (including phenoxy) is 1. The first kappa shape index (κ1) is 20.2. The van der Waals surface area contributed by atoms with Gasteiger partial charge in [0.25, 0.3) is 0 Å². The van der Waals surface area contributed by atoms with E-state index in [1.54, 1.807) is 12.0 Å². The molecule has 3 nitrogen and oxygen atoms in total. The molecule has 1 unspecified atom stereocenters. The van der Waals surface area contributed by atoms with Gasteiger partial charge in [0.2, 0.25) is 0 Å². The molecule has 0 bridgehead atoms. The van der Waals surface area contributed by atoms with Crippen LogP contribution in [0.4, 0.5) is 0 Å². The van der Waals surface area contributed by atoms with Crippen LogP contribution in [0.25, 0.3) is 0 Å². The van der Waals surface area contributed by atoms with Gasteiger partial charge in [0.1, 0.15) is 18.8 Å². The van der Waals surface area contributed by atoms with Gasteiger partial charge in [0.15, 0.2) is 0 Å². The van der Waals surface area contributed by atoms with Crippen molar-refractivity contribution in [2.75, 3.05) is 13.7 Å². The quantitative estimate of drug-likeness (QED) is 0.595. The first-order valence-electron chi connectivity index (χ1n) is 10.2. The molecular weight excluding hydrogens is 344 g/mol. The lowest BCUT2D eigenvalue weighted by atomic mass is 10.1. The number of methoxy groups -OCH3 is 1. The summed E-state index contributed by atoms with van der Waals surface area (Å²) >= 11 is 0. The molecule has 2 aromatic carbocycles. The van der Waals surface area contributed by atoms with Crippen LogP contribution < -0.4 is 9.64 Å². The van der Waals surface area contributed by atoms with Gasteiger partial charge in [0.05, 0.1) is 19.3 Å². The maximum atomic E-state index is 5.41. The highest BCUT2D eigenvalue weighted by Crippen LogP contribution is 2.13. The van der Waals surface area contributed by atoms with Crippen LogP contribution in [-0.4, -0.2) is 18.2 Å². The molecule has 148 valence electrons. The minimum absolute atomic E-state index is 0.653. The van der Waals surface area contributed by atoms with Gasteiger partial charge in [-0.3, -0.25) is 0 Å². The van der Waals surface area contributed by atoms with Gasteiger partial charge in [-0.1, -0.05) is 50.2 Å². The zero-order chi connectivity index (χ0) is 19.9. The molecule has 3 aromatic rings. The van der Waals surface area contributed by atoms with Crippen molar-refractivity contribution in [2.45, 2.75) is 40.4 Å². The van der Waals surface area contributed by atoms with Gasteiger partial charge in [-0.05, 0) is 42.3 Å². The number of quaternary nitrogens is 1. The fourth-order valence-corrected chi connectivity index (χ4v) is 3.85. The van der Waals surface area contributed by atoms with Crippen LogP contribution in [0.15, 0.2) is 66.9 Å². The minimum atomic E-state index is 0.653. The highest BCUT2D eigenvalue weighted by atomic mass is 16.5. The van der Waals surface area contributed by atoms with E-state index in [1.807, 2.05) is 6.07 Å². The van der Waals surface area contributed by atoms with Crippen LogP contribution in [0.1, 0.15) is 36.2 Å². The number of benzene rings is 2. The van der Waals surface area contributed by atoms with Gasteiger partial charge in [-0.25, -0.2) is 0 Å². The van der Waals surface area contributed by atoms with E-state index in [-0.39, 0.29) is 0 Å². The normalized spacial score (nSPS) is 12.3. The average molecular weight is 378 g/mol. The molecule has 0 saturated carbocycles. The number of aromatic nitrogens is 1.